The zero-order chi connectivity index (χ0) is 14.5. The van der Waals surface area contributed by atoms with E-state index < -0.39 is 6.36 Å². The molecule has 0 aliphatic carbocycles. The second-order valence-electron chi connectivity index (χ2n) is 3.68. The van der Waals surface area contributed by atoms with Gasteiger partial charge in [0.05, 0.1) is 0 Å². The first-order chi connectivity index (χ1) is 8.78. The maximum Gasteiger partial charge on any atom is 0.573 e. The minimum absolute atomic E-state index is 0.183. The number of alkyl halides is 3. The van der Waals surface area contributed by atoms with Gasteiger partial charge in [-0.1, -0.05) is 12.2 Å². The highest BCUT2D eigenvalue weighted by molar-refractivity contribution is 5.73. The SMILES string of the molecule is CC(=O)NCC=Cc1cc(N)ccc1OC(F)(F)F. The zero-order valence-electron chi connectivity index (χ0n) is 10.1. The molecular weight excluding hydrogens is 261 g/mol. The highest BCUT2D eigenvalue weighted by Crippen LogP contribution is 2.28. The van der Waals surface area contributed by atoms with Crippen molar-refractivity contribution >= 4 is 17.7 Å². The Labute approximate surface area is 108 Å². The van der Waals surface area contributed by atoms with Crippen molar-refractivity contribution in [3.05, 3.63) is 29.8 Å². The number of nitrogens with one attached hydrogen (secondary N) is 1. The molecule has 0 aliphatic rings. The monoisotopic (exact) mass is 274 g/mol. The van der Waals surface area contributed by atoms with Crippen molar-refractivity contribution in [3.63, 3.8) is 0 Å². The minimum Gasteiger partial charge on any atom is -0.405 e. The number of nitrogen functional groups attached to an aromatic ring is 1. The Balaban J connectivity index is 2.85. The average Bonchev–Trinajstić information content (AvgIpc) is 2.26. The van der Waals surface area contributed by atoms with Crippen molar-refractivity contribution < 1.29 is 22.7 Å². The van der Waals surface area contributed by atoms with Gasteiger partial charge in [0.25, 0.3) is 0 Å². The van der Waals surface area contributed by atoms with Crippen molar-refractivity contribution in [1.82, 2.24) is 5.32 Å². The number of hydrogen-bond acceptors (Lipinski definition) is 3. The van der Waals surface area contributed by atoms with Gasteiger partial charge in [0.1, 0.15) is 5.75 Å². The molecule has 1 amide bonds. The molecule has 0 aromatic heterocycles. The fraction of sp³-hybridized carbons (Fsp3) is 0.250. The molecule has 7 heteroatoms. The van der Waals surface area contributed by atoms with E-state index in [0.717, 1.165) is 6.07 Å². The van der Waals surface area contributed by atoms with Crippen molar-refractivity contribution in [2.24, 2.45) is 0 Å². The van der Waals surface area contributed by atoms with Gasteiger partial charge < -0.3 is 15.8 Å². The molecule has 0 aliphatic heterocycles. The molecule has 0 saturated heterocycles. The lowest BCUT2D eigenvalue weighted by atomic mass is 10.1. The maximum atomic E-state index is 12.2. The third kappa shape index (κ3) is 5.80. The van der Waals surface area contributed by atoms with Crippen LogP contribution in [0.5, 0.6) is 5.75 Å². The second-order valence-corrected chi connectivity index (χ2v) is 3.68. The number of amides is 1. The van der Waals surface area contributed by atoms with Crippen LogP contribution in [0.4, 0.5) is 18.9 Å². The summed E-state index contributed by atoms with van der Waals surface area (Å²) in [6.07, 6.45) is -1.87. The largest absolute Gasteiger partial charge is 0.573 e. The van der Waals surface area contributed by atoms with Gasteiger partial charge in [-0.15, -0.1) is 13.2 Å². The van der Waals surface area contributed by atoms with Crippen molar-refractivity contribution in [3.8, 4) is 5.75 Å². The van der Waals surface area contributed by atoms with Crippen LogP contribution >= 0.6 is 0 Å². The van der Waals surface area contributed by atoms with Gasteiger partial charge in [-0.05, 0) is 18.2 Å². The Hall–Kier alpha value is -2.18. The molecule has 1 aromatic carbocycles. The summed E-state index contributed by atoms with van der Waals surface area (Å²) in [7, 11) is 0. The first-order valence-electron chi connectivity index (χ1n) is 5.34. The van der Waals surface area contributed by atoms with Crippen LogP contribution in [0.25, 0.3) is 6.08 Å². The summed E-state index contributed by atoms with van der Waals surface area (Å²) in [6.45, 7) is 1.54. The number of ether oxygens (including phenoxy) is 1. The van der Waals surface area contributed by atoms with Crippen LogP contribution in [0.15, 0.2) is 24.3 Å². The van der Waals surface area contributed by atoms with Gasteiger partial charge in [0, 0.05) is 24.7 Å². The summed E-state index contributed by atoms with van der Waals surface area (Å²) in [5, 5.41) is 2.48. The molecule has 0 saturated carbocycles. The molecule has 0 atom stereocenters. The Morgan fingerprint density at radius 1 is 1.47 bits per heavy atom. The number of benzene rings is 1. The first-order valence-corrected chi connectivity index (χ1v) is 5.34. The molecule has 3 N–H and O–H groups in total. The van der Waals surface area contributed by atoms with E-state index in [2.05, 4.69) is 10.1 Å². The van der Waals surface area contributed by atoms with Crippen LogP contribution in [0.1, 0.15) is 12.5 Å². The molecule has 0 spiro atoms. The summed E-state index contributed by atoms with van der Waals surface area (Å²) < 4.78 is 40.4. The lowest BCUT2D eigenvalue weighted by Gasteiger charge is -2.11. The molecule has 1 rings (SSSR count). The Morgan fingerprint density at radius 3 is 2.74 bits per heavy atom. The molecule has 0 fully saturated rings. The third-order valence-electron chi connectivity index (χ3n) is 2.03. The summed E-state index contributed by atoms with van der Waals surface area (Å²) in [5.74, 6) is -0.579. The van der Waals surface area contributed by atoms with Crippen LogP contribution in [0.3, 0.4) is 0 Å². The standard InChI is InChI=1S/C12H13F3N2O2/c1-8(18)17-6-2-3-9-7-10(16)4-5-11(9)19-12(13,14)15/h2-5,7H,6,16H2,1H3,(H,17,18). The highest BCUT2D eigenvalue weighted by atomic mass is 19.4. The number of carbonyl (C=O) groups is 1. The number of rotatable bonds is 4. The number of nitrogens with two attached hydrogens (primary N) is 1. The van der Waals surface area contributed by atoms with Gasteiger partial charge in [0.2, 0.25) is 5.91 Å². The quantitative estimate of drug-likeness (QED) is 0.828. The molecule has 0 heterocycles. The lowest BCUT2D eigenvalue weighted by molar-refractivity contribution is -0.274. The fourth-order valence-electron chi connectivity index (χ4n) is 1.30. The van der Waals surface area contributed by atoms with E-state index in [-0.39, 0.29) is 23.8 Å². The number of anilines is 1. The van der Waals surface area contributed by atoms with E-state index in [4.69, 9.17) is 5.73 Å². The van der Waals surface area contributed by atoms with Gasteiger partial charge in [-0.3, -0.25) is 4.79 Å². The van der Waals surface area contributed by atoms with Crippen LogP contribution < -0.4 is 15.8 Å². The number of halogens is 3. The third-order valence-corrected chi connectivity index (χ3v) is 2.03. The molecule has 1 aromatic rings. The molecule has 0 unspecified atom stereocenters. The first kappa shape index (κ1) is 14.9. The molecule has 0 radical (unpaired) electrons. The van der Waals surface area contributed by atoms with E-state index in [9.17, 15) is 18.0 Å². The molecule has 104 valence electrons. The molecule has 4 nitrogen and oxygen atoms in total. The lowest BCUT2D eigenvalue weighted by Crippen LogP contribution is -2.19. The molecular formula is C12H13F3N2O2. The molecule has 19 heavy (non-hydrogen) atoms. The maximum absolute atomic E-state index is 12.2. The fourth-order valence-corrected chi connectivity index (χ4v) is 1.30. The van der Waals surface area contributed by atoms with Gasteiger partial charge in [-0.25, -0.2) is 0 Å². The molecule has 0 bridgehead atoms. The van der Waals surface area contributed by atoms with Gasteiger partial charge >= 0.3 is 6.36 Å². The Morgan fingerprint density at radius 2 is 2.16 bits per heavy atom. The average molecular weight is 274 g/mol. The second kappa shape index (κ2) is 6.12. The Kier molecular flexibility index (Phi) is 4.80. The Bertz CT molecular complexity index is 484. The van der Waals surface area contributed by atoms with Crippen LogP contribution in [-0.4, -0.2) is 18.8 Å². The zero-order valence-corrected chi connectivity index (χ0v) is 10.1. The summed E-state index contributed by atoms with van der Waals surface area (Å²) in [6, 6.07) is 3.80. The predicted molar refractivity (Wildman–Crippen MR) is 65.3 cm³/mol. The van der Waals surface area contributed by atoms with E-state index in [0.29, 0.717) is 5.69 Å². The number of hydrogen-bond donors (Lipinski definition) is 2. The van der Waals surface area contributed by atoms with Crippen molar-refractivity contribution in [2.45, 2.75) is 13.3 Å². The minimum atomic E-state index is -4.77. The number of carbonyl (C=O) groups excluding carboxylic acids is 1. The van der Waals surface area contributed by atoms with E-state index in [1.165, 1.54) is 31.2 Å². The van der Waals surface area contributed by atoms with E-state index in [1.807, 2.05) is 0 Å². The summed E-state index contributed by atoms with van der Waals surface area (Å²) in [4.78, 5) is 10.6. The normalized spacial score (nSPS) is 11.6. The highest BCUT2D eigenvalue weighted by Gasteiger charge is 2.31. The van der Waals surface area contributed by atoms with Crippen molar-refractivity contribution in [2.75, 3.05) is 12.3 Å². The summed E-state index contributed by atoms with van der Waals surface area (Å²) in [5.41, 5.74) is 6.00. The van der Waals surface area contributed by atoms with Crippen LogP contribution in [0, 0.1) is 0 Å². The predicted octanol–water partition coefficient (Wildman–Crippen LogP) is 2.32. The van der Waals surface area contributed by atoms with Gasteiger partial charge in [-0.2, -0.15) is 0 Å². The topological polar surface area (TPSA) is 64.4 Å². The summed E-state index contributed by atoms with van der Waals surface area (Å²) >= 11 is 0. The smallest absolute Gasteiger partial charge is 0.405 e. The van der Waals surface area contributed by atoms with E-state index in [1.54, 1.807) is 0 Å². The van der Waals surface area contributed by atoms with Gasteiger partial charge in [0.15, 0.2) is 0 Å². The van der Waals surface area contributed by atoms with Crippen LogP contribution in [-0.2, 0) is 4.79 Å². The van der Waals surface area contributed by atoms with Crippen LogP contribution in [0.2, 0.25) is 0 Å². The van der Waals surface area contributed by atoms with Crippen molar-refractivity contribution in [1.29, 1.82) is 0 Å². The van der Waals surface area contributed by atoms with E-state index >= 15 is 0 Å².